The molecule has 2 aliphatic heterocycles. The molecule has 6 heteroatoms. The molecule has 0 spiro atoms. The summed E-state index contributed by atoms with van der Waals surface area (Å²) in [5, 5.41) is 10.7. The molecular formula is C21H29NO5. The number of likely N-dealkylation sites (tertiary alicyclic amines) is 1. The lowest BCUT2D eigenvalue weighted by Crippen LogP contribution is -2.41. The molecule has 3 rings (SSSR count). The largest absolute Gasteiger partial charge is 0.457 e. The summed E-state index contributed by atoms with van der Waals surface area (Å²) < 4.78 is 10.5. The van der Waals surface area contributed by atoms with Gasteiger partial charge < -0.3 is 19.5 Å². The highest BCUT2D eigenvalue weighted by atomic mass is 16.6. The number of cyclic esters (lactones) is 1. The predicted molar refractivity (Wildman–Crippen MR) is 100 cm³/mol. The van der Waals surface area contributed by atoms with E-state index in [2.05, 4.69) is 0 Å². The summed E-state index contributed by atoms with van der Waals surface area (Å²) in [5.74, 6) is 0.0628. The first-order chi connectivity index (χ1) is 12.7. The Balaban J connectivity index is 1.57. The minimum Gasteiger partial charge on any atom is -0.457 e. The van der Waals surface area contributed by atoms with E-state index in [1.54, 1.807) is 11.0 Å². The van der Waals surface area contributed by atoms with Gasteiger partial charge in [-0.15, -0.1) is 0 Å². The van der Waals surface area contributed by atoms with Gasteiger partial charge in [-0.2, -0.15) is 0 Å². The molecule has 148 valence electrons. The second-order valence-corrected chi connectivity index (χ2v) is 8.54. The lowest BCUT2D eigenvalue weighted by atomic mass is 9.86. The highest BCUT2D eigenvalue weighted by Crippen LogP contribution is 2.34. The van der Waals surface area contributed by atoms with Crippen LogP contribution in [0.5, 0.6) is 0 Å². The van der Waals surface area contributed by atoms with E-state index < -0.39 is 11.7 Å². The first-order valence-corrected chi connectivity index (χ1v) is 9.61. The Bertz CT molecular complexity index is 729. The summed E-state index contributed by atoms with van der Waals surface area (Å²) in [6, 6.07) is 3.59. The van der Waals surface area contributed by atoms with Gasteiger partial charge in [0.15, 0.2) is 0 Å². The van der Waals surface area contributed by atoms with Crippen LogP contribution >= 0.6 is 0 Å². The molecule has 1 saturated heterocycles. The summed E-state index contributed by atoms with van der Waals surface area (Å²) in [4.78, 5) is 25.6. The van der Waals surface area contributed by atoms with Gasteiger partial charge in [0.1, 0.15) is 12.2 Å². The van der Waals surface area contributed by atoms with Crippen molar-refractivity contribution in [1.29, 1.82) is 0 Å². The van der Waals surface area contributed by atoms with E-state index in [1.807, 2.05) is 33.8 Å². The van der Waals surface area contributed by atoms with E-state index in [1.165, 1.54) is 0 Å². The number of carbonyl (C=O) groups is 2. The Kier molecular flexibility index (Phi) is 5.47. The summed E-state index contributed by atoms with van der Waals surface area (Å²) in [6.07, 6.45) is 1.50. The van der Waals surface area contributed by atoms with Gasteiger partial charge in [0.05, 0.1) is 11.7 Å². The van der Waals surface area contributed by atoms with Gasteiger partial charge >= 0.3 is 12.1 Å². The van der Waals surface area contributed by atoms with Gasteiger partial charge in [0.25, 0.3) is 0 Å². The lowest BCUT2D eigenvalue weighted by Gasteiger charge is -2.34. The number of nitrogens with zero attached hydrogens (tertiary/aromatic N) is 1. The molecule has 27 heavy (non-hydrogen) atoms. The maximum absolute atomic E-state index is 12.2. The van der Waals surface area contributed by atoms with Crippen molar-refractivity contribution in [2.75, 3.05) is 13.1 Å². The number of rotatable bonds is 3. The zero-order valence-electron chi connectivity index (χ0n) is 16.6. The maximum Gasteiger partial charge on any atom is 0.410 e. The van der Waals surface area contributed by atoms with Crippen molar-refractivity contribution in [3.05, 3.63) is 34.4 Å². The van der Waals surface area contributed by atoms with E-state index in [9.17, 15) is 14.7 Å². The van der Waals surface area contributed by atoms with Crippen LogP contribution in [0.15, 0.2) is 12.1 Å². The van der Waals surface area contributed by atoms with Gasteiger partial charge in [-0.1, -0.05) is 6.07 Å². The molecule has 1 atom stereocenters. The monoisotopic (exact) mass is 375 g/mol. The second kappa shape index (κ2) is 7.50. The number of esters is 1. The number of carbonyl (C=O) groups excluding carboxylic acids is 2. The fourth-order valence-electron chi connectivity index (χ4n) is 3.85. The normalized spacial score (nSPS) is 18.9. The van der Waals surface area contributed by atoms with Crippen LogP contribution in [0.2, 0.25) is 0 Å². The van der Waals surface area contributed by atoms with Crippen molar-refractivity contribution in [2.24, 2.45) is 5.92 Å². The van der Waals surface area contributed by atoms with Crippen LogP contribution in [0.1, 0.15) is 73.2 Å². The van der Waals surface area contributed by atoms with Crippen LogP contribution in [0, 0.1) is 12.8 Å². The highest BCUT2D eigenvalue weighted by molar-refractivity contribution is 5.93. The number of amides is 1. The van der Waals surface area contributed by atoms with Gasteiger partial charge in [0, 0.05) is 18.7 Å². The van der Waals surface area contributed by atoms with Gasteiger partial charge in [-0.05, 0) is 70.1 Å². The lowest BCUT2D eigenvalue weighted by molar-refractivity contribution is 0.0160. The zero-order chi connectivity index (χ0) is 19.8. The van der Waals surface area contributed by atoms with Crippen LogP contribution in [0.4, 0.5) is 4.79 Å². The fraction of sp³-hybridized carbons (Fsp3) is 0.619. The molecule has 0 bridgehead atoms. The van der Waals surface area contributed by atoms with E-state index in [0.29, 0.717) is 31.0 Å². The van der Waals surface area contributed by atoms with Gasteiger partial charge in [0.2, 0.25) is 0 Å². The molecule has 1 unspecified atom stereocenters. The number of piperidine rings is 1. The molecule has 1 fully saturated rings. The molecular weight excluding hydrogens is 346 g/mol. The van der Waals surface area contributed by atoms with Crippen LogP contribution in [-0.4, -0.2) is 40.8 Å². The minimum absolute atomic E-state index is 0.263. The summed E-state index contributed by atoms with van der Waals surface area (Å²) in [7, 11) is 0. The van der Waals surface area contributed by atoms with Crippen LogP contribution in [-0.2, 0) is 16.1 Å². The molecule has 1 N–H and O–H groups in total. The Hall–Kier alpha value is -2.08. The van der Waals surface area contributed by atoms with Crippen molar-refractivity contribution < 1.29 is 24.2 Å². The van der Waals surface area contributed by atoms with Crippen LogP contribution in [0.3, 0.4) is 0 Å². The smallest absolute Gasteiger partial charge is 0.410 e. The number of hydrogen-bond donors (Lipinski definition) is 1. The average Bonchev–Trinajstić information content (AvgIpc) is 2.96. The topological polar surface area (TPSA) is 76.1 Å². The molecule has 1 aromatic rings. The Morgan fingerprint density at radius 1 is 1.33 bits per heavy atom. The average molecular weight is 375 g/mol. The minimum atomic E-state index is -0.580. The van der Waals surface area contributed by atoms with Crippen molar-refractivity contribution in [3.8, 4) is 0 Å². The van der Waals surface area contributed by atoms with E-state index in [4.69, 9.17) is 9.47 Å². The van der Waals surface area contributed by atoms with Crippen LogP contribution < -0.4 is 0 Å². The first kappa shape index (κ1) is 19.7. The third-order valence-corrected chi connectivity index (χ3v) is 5.39. The van der Waals surface area contributed by atoms with E-state index >= 15 is 0 Å². The first-order valence-electron chi connectivity index (χ1n) is 9.61. The molecule has 2 aliphatic rings. The summed E-state index contributed by atoms with van der Waals surface area (Å²) in [6.45, 7) is 9.12. The van der Waals surface area contributed by atoms with Crippen LogP contribution in [0.25, 0.3) is 0 Å². The Morgan fingerprint density at radius 2 is 2.00 bits per heavy atom. The third-order valence-electron chi connectivity index (χ3n) is 5.39. The molecule has 1 aromatic carbocycles. The number of aliphatic hydroxyl groups is 1. The molecule has 0 aliphatic carbocycles. The Morgan fingerprint density at radius 3 is 2.63 bits per heavy atom. The SMILES string of the molecule is Cc1c(C(O)CC2CCN(C(=O)OC(C)(C)C)CC2)ccc2c1COC2=O. The molecule has 0 radical (unpaired) electrons. The molecule has 0 saturated carbocycles. The number of aliphatic hydroxyl groups excluding tert-OH is 1. The number of benzene rings is 1. The summed E-state index contributed by atoms with van der Waals surface area (Å²) in [5.41, 5.74) is 2.81. The highest BCUT2D eigenvalue weighted by Gasteiger charge is 2.30. The van der Waals surface area contributed by atoms with Gasteiger partial charge in [-0.25, -0.2) is 9.59 Å². The molecule has 6 nitrogen and oxygen atoms in total. The Labute approximate surface area is 160 Å². The predicted octanol–water partition coefficient (Wildman–Crippen LogP) is 3.74. The number of ether oxygens (including phenoxy) is 2. The quantitative estimate of drug-likeness (QED) is 0.815. The van der Waals surface area contributed by atoms with Crippen molar-refractivity contribution in [2.45, 2.75) is 65.3 Å². The van der Waals surface area contributed by atoms with Crippen molar-refractivity contribution >= 4 is 12.1 Å². The molecule has 1 amide bonds. The zero-order valence-corrected chi connectivity index (χ0v) is 16.6. The number of fused-ring (bicyclic) bond motifs is 1. The summed E-state index contributed by atoms with van der Waals surface area (Å²) >= 11 is 0. The maximum atomic E-state index is 12.2. The van der Waals surface area contributed by atoms with Crippen molar-refractivity contribution in [3.63, 3.8) is 0 Å². The van der Waals surface area contributed by atoms with Crippen molar-refractivity contribution in [1.82, 2.24) is 4.90 Å². The van der Waals surface area contributed by atoms with E-state index in [0.717, 1.165) is 29.5 Å². The third kappa shape index (κ3) is 4.43. The standard InChI is InChI=1S/C21H29NO5/c1-13-15(5-6-16-17(13)12-26-19(16)24)18(23)11-14-7-9-22(10-8-14)20(25)27-21(2,3)4/h5-6,14,18,23H,7-12H2,1-4H3. The molecule has 0 aromatic heterocycles. The van der Waals surface area contributed by atoms with E-state index in [-0.39, 0.29) is 18.7 Å². The second-order valence-electron chi connectivity index (χ2n) is 8.54. The molecule has 2 heterocycles. The van der Waals surface area contributed by atoms with Gasteiger partial charge in [-0.3, -0.25) is 0 Å². The fourth-order valence-corrected chi connectivity index (χ4v) is 3.85. The number of hydrogen-bond acceptors (Lipinski definition) is 5.